The third-order valence-corrected chi connectivity index (χ3v) is 2.72. The molecule has 0 bridgehead atoms. The fourth-order valence-electron chi connectivity index (χ4n) is 1.66. The summed E-state index contributed by atoms with van der Waals surface area (Å²) >= 11 is 0. The molecule has 0 heterocycles. The van der Waals surface area contributed by atoms with E-state index in [9.17, 15) is 14.4 Å². The van der Waals surface area contributed by atoms with Gasteiger partial charge in [0.15, 0.2) is 0 Å². The SMILES string of the molecule is COC(=O)c1ccc(NC(=O)CCCC(=O)O)c(C)c1. The lowest BCUT2D eigenvalue weighted by molar-refractivity contribution is -0.137. The Labute approximate surface area is 116 Å². The lowest BCUT2D eigenvalue weighted by Gasteiger charge is -2.09. The van der Waals surface area contributed by atoms with E-state index < -0.39 is 11.9 Å². The van der Waals surface area contributed by atoms with Crippen molar-refractivity contribution in [3.05, 3.63) is 29.3 Å². The van der Waals surface area contributed by atoms with Crippen LogP contribution in [0.5, 0.6) is 0 Å². The Morgan fingerprint density at radius 2 is 1.95 bits per heavy atom. The predicted molar refractivity (Wildman–Crippen MR) is 72.6 cm³/mol. The number of carbonyl (C=O) groups excluding carboxylic acids is 2. The van der Waals surface area contributed by atoms with Crippen molar-refractivity contribution in [2.75, 3.05) is 12.4 Å². The number of anilines is 1. The number of ether oxygens (including phenoxy) is 1. The highest BCUT2D eigenvalue weighted by molar-refractivity contribution is 5.94. The number of carboxylic acids is 1. The van der Waals surface area contributed by atoms with E-state index >= 15 is 0 Å². The van der Waals surface area contributed by atoms with Crippen molar-refractivity contribution in [3.8, 4) is 0 Å². The van der Waals surface area contributed by atoms with Gasteiger partial charge in [-0.3, -0.25) is 9.59 Å². The molecule has 0 aliphatic carbocycles. The monoisotopic (exact) mass is 279 g/mol. The second-order valence-corrected chi connectivity index (χ2v) is 4.32. The van der Waals surface area contributed by atoms with Crippen molar-refractivity contribution < 1.29 is 24.2 Å². The first kappa shape index (κ1) is 15.7. The van der Waals surface area contributed by atoms with Crippen LogP contribution in [0.1, 0.15) is 35.2 Å². The fourth-order valence-corrected chi connectivity index (χ4v) is 1.66. The Morgan fingerprint density at radius 1 is 1.25 bits per heavy atom. The molecule has 1 aromatic rings. The molecular weight excluding hydrogens is 262 g/mol. The van der Waals surface area contributed by atoms with Crippen molar-refractivity contribution in [1.82, 2.24) is 0 Å². The molecule has 6 nitrogen and oxygen atoms in total. The first-order valence-electron chi connectivity index (χ1n) is 6.14. The maximum atomic E-state index is 11.6. The van der Waals surface area contributed by atoms with Crippen LogP contribution in [0.25, 0.3) is 0 Å². The zero-order valence-electron chi connectivity index (χ0n) is 11.4. The molecule has 0 aliphatic heterocycles. The van der Waals surface area contributed by atoms with Gasteiger partial charge >= 0.3 is 11.9 Å². The molecule has 1 amide bonds. The van der Waals surface area contributed by atoms with Gasteiger partial charge in [-0.15, -0.1) is 0 Å². The summed E-state index contributed by atoms with van der Waals surface area (Å²) in [5, 5.41) is 11.2. The molecule has 6 heteroatoms. The van der Waals surface area contributed by atoms with Gasteiger partial charge in [0.2, 0.25) is 5.91 Å². The molecule has 1 aromatic carbocycles. The number of aliphatic carboxylic acids is 1. The molecule has 0 saturated carbocycles. The van der Waals surface area contributed by atoms with Crippen molar-refractivity contribution in [1.29, 1.82) is 0 Å². The Kier molecular flexibility index (Phi) is 5.71. The number of esters is 1. The maximum Gasteiger partial charge on any atom is 0.337 e. The van der Waals surface area contributed by atoms with Crippen molar-refractivity contribution in [2.24, 2.45) is 0 Å². The van der Waals surface area contributed by atoms with Crippen molar-refractivity contribution in [2.45, 2.75) is 26.2 Å². The molecule has 20 heavy (non-hydrogen) atoms. The van der Waals surface area contributed by atoms with Crippen LogP contribution < -0.4 is 5.32 Å². The van der Waals surface area contributed by atoms with Gasteiger partial charge in [-0.2, -0.15) is 0 Å². The van der Waals surface area contributed by atoms with Crippen LogP contribution in [0.15, 0.2) is 18.2 Å². The highest BCUT2D eigenvalue weighted by atomic mass is 16.5. The minimum absolute atomic E-state index is 0.0340. The van der Waals surface area contributed by atoms with Crippen LogP contribution in [0.4, 0.5) is 5.69 Å². The van der Waals surface area contributed by atoms with E-state index in [2.05, 4.69) is 10.1 Å². The topological polar surface area (TPSA) is 92.7 Å². The van der Waals surface area contributed by atoms with E-state index in [1.54, 1.807) is 25.1 Å². The molecule has 0 spiro atoms. The van der Waals surface area contributed by atoms with Gasteiger partial charge in [0.1, 0.15) is 0 Å². The van der Waals surface area contributed by atoms with Crippen molar-refractivity contribution >= 4 is 23.5 Å². The number of rotatable bonds is 6. The Hall–Kier alpha value is -2.37. The predicted octanol–water partition coefficient (Wildman–Crippen LogP) is 1.98. The van der Waals surface area contributed by atoms with Crippen LogP contribution >= 0.6 is 0 Å². The summed E-state index contributed by atoms with van der Waals surface area (Å²) in [7, 11) is 1.30. The van der Waals surface area contributed by atoms with E-state index in [1.807, 2.05) is 0 Å². The van der Waals surface area contributed by atoms with Gasteiger partial charge in [0.25, 0.3) is 0 Å². The number of amides is 1. The smallest absolute Gasteiger partial charge is 0.337 e. The normalized spacial score (nSPS) is 9.90. The summed E-state index contributed by atoms with van der Waals surface area (Å²) in [4.78, 5) is 33.3. The Bertz CT molecular complexity index is 524. The van der Waals surface area contributed by atoms with Crippen molar-refractivity contribution in [3.63, 3.8) is 0 Å². The van der Waals surface area contributed by atoms with Crippen LogP contribution in [0, 0.1) is 6.92 Å². The number of aryl methyl sites for hydroxylation is 1. The Balaban J connectivity index is 2.62. The third kappa shape index (κ3) is 4.72. The second-order valence-electron chi connectivity index (χ2n) is 4.32. The molecule has 108 valence electrons. The van der Waals surface area contributed by atoms with Crippen LogP contribution in [0.3, 0.4) is 0 Å². The van der Waals surface area contributed by atoms with Gasteiger partial charge in [0.05, 0.1) is 12.7 Å². The number of carboxylic acid groups (broad SMARTS) is 1. The molecule has 0 unspecified atom stereocenters. The molecule has 0 fully saturated rings. The number of hydrogen-bond acceptors (Lipinski definition) is 4. The number of nitrogens with one attached hydrogen (secondary N) is 1. The lowest BCUT2D eigenvalue weighted by atomic mass is 10.1. The van der Waals surface area contributed by atoms with E-state index in [0.29, 0.717) is 17.7 Å². The molecule has 2 N–H and O–H groups in total. The van der Waals surface area contributed by atoms with Gasteiger partial charge in [-0.25, -0.2) is 4.79 Å². The molecule has 0 atom stereocenters. The molecule has 1 rings (SSSR count). The van der Waals surface area contributed by atoms with Gasteiger partial charge < -0.3 is 15.2 Å². The molecule has 0 aliphatic rings. The fraction of sp³-hybridized carbons (Fsp3) is 0.357. The average molecular weight is 279 g/mol. The zero-order valence-corrected chi connectivity index (χ0v) is 11.4. The van der Waals surface area contributed by atoms with E-state index in [1.165, 1.54) is 7.11 Å². The first-order valence-corrected chi connectivity index (χ1v) is 6.14. The minimum atomic E-state index is -0.920. The van der Waals surface area contributed by atoms with E-state index in [4.69, 9.17) is 5.11 Å². The van der Waals surface area contributed by atoms with Crippen LogP contribution in [0.2, 0.25) is 0 Å². The highest BCUT2D eigenvalue weighted by Gasteiger charge is 2.10. The summed E-state index contributed by atoms with van der Waals surface area (Å²) in [6.07, 6.45) is 0.401. The second kappa shape index (κ2) is 7.28. The Morgan fingerprint density at radius 3 is 2.50 bits per heavy atom. The highest BCUT2D eigenvalue weighted by Crippen LogP contribution is 2.17. The molecule has 0 radical (unpaired) electrons. The number of carbonyl (C=O) groups is 3. The van der Waals surface area contributed by atoms with Gasteiger partial charge in [-0.1, -0.05) is 0 Å². The molecule has 0 aromatic heterocycles. The summed E-state index contributed by atoms with van der Waals surface area (Å²) in [5.74, 6) is -1.61. The summed E-state index contributed by atoms with van der Waals surface area (Å²) in [6.45, 7) is 1.76. The minimum Gasteiger partial charge on any atom is -0.481 e. The number of benzene rings is 1. The summed E-state index contributed by atoms with van der Waals surface area (Å²) in [6, 6.07) is 4.81. The lowest BCUT2D eigenvalue weighted by Crippen LogP contribution is -2.13. The first-order chi connectivity index (χ1) is 9.43. The molecule has 0 saturated heterocycles. The average Bonchev–Trinajstić information content (AvgIpc) is 2.39. The molecular formula is C14H17NO5. The summed E-state index contributed by atoms with van der Waals surface area (Å²) < 4.78 is 4.61. The van der Waals surface area contributed by atoms with Gasteiger partial charge in [0, 0.05) is 18.5 Å². The van der Waals surface area contributed by atoms with E-state index in [-0.39, 0.29) is 18.7 Å². The maximum absolute atomic E-state index is 11.6. The van der Waals surface area contributed by atoms with Gasteiger partial charge in [-0.05, 0) is 37.1 Å². The standard InChI is InChI=1S/C14H17NO5/c1-9-8-10(14(19)20-2)6-7-11(9)15-12(16)4-3-5-13(17)18/h6-8H,3-5H2,1-2H3,(H,15,16)(H,17,18). The zero-order chi connectivity index (χ0) is 15.1. The largest absolute Gasteiger partial charge is 0.481 e. The van der Waals surface area contributed by atoms with Crippen LogP contribution in [-0.2, 0) is 14.3 Å². The third-order valence-electron chi connectivity index (χ3n) is 2.72. The number of hydrogen-bond donors (Lipinski definition) is 2. The quantitative estimate of drug-likeness (QED) is 0.777. The van der Waals surface area contributed by atoms with E-state index in [0.717, 1.165) is 5.56 Å². The van der Waals surface area contributed by atoms with Crippen LogP contribution in [-0.4, -0.2) is 30.1 Å². The summed E-state index contributed by atoms with van der Waals surface area (Å²) in [5.41, 5.74) is 1.74. The number of methoxy groups -OCH3 is 1.